The summed E-state index contributed by atoms with van der Waals surface area (Å²) < 4.78 is 16.9. The van der Waals surface area contributed by atoms with E-state index in [2.05, 4.69) is 6.07 Å². The minimum atomic E-state index is -0.389. The van der Waals surface area contributed by atoms with E-state index >= 15 is 0 Å². The van der Waals surface area contributed by atoms with Crippen molar-refractivity contribution in [2.24, 2.45) is 0 Å². The zero-order valence-electron chi connectivity index (χ0n) is 19.3. The van der Waals surface area contributed by atoms with Crippen LogP contribution in [0.1, 0.15) is 16.7 Å². The molecule has 1 aliphatic rings. The number of carbonyl (C=O) groups is 2. The van der Waals surface area contributed by atoms with Gasteiger partial charge in [-0.15, -0.1) is 0 Å². The first-order valence-electron chi connectivity index (χ1n) is 10.9. The van der Waals surface area contributed by atoms with E-state index in [1.54, 1.807) is 60.7 Å². The van der Waals surface area contributed by atoms with E-state index in [1.165, 1.54) is 7.11 Å². The largest absolute Gasteiger partial charge is 0.493 e. The Kier molecular flexibility index (Phi) is 8.16. The van der Waals surface area contributed by atoms with Gasteiger partial charge in [0.05, 0.1) is 35.2 Å². The van der Waals surface area contributed by atoms with Gasteiger partial charge in [-0.25, -0.2) is 0 Å². The fraction of sp³-hybridized carbons (Fsp3) is 0.148. The molecule has 1 aliphatic heterocycles. The molecule has 4 rings (SSSR count). The smallest absolute Gasteiger partial charge is 0.293 e. The van der Waals surface area contributed by atoms with Crippen molar-refractivity contribution in [3.63, 3.8) is 0 Å². The minimum Gasteiger partial charge on any atom is -0.493 e. The van der Waals surface area contributed by atoms with Crippen molar-refractivity contribution < 1.29 is 23.8 Å². The van der Waals surface area contributed by atoms with E-state index in [9.17, 15) is 14.9 Å². The van der Waals surface area contributed by atoms with Crippen LogP contribution in [0.25, 0.3) is 6.08 Å². The molecule has 0 bridgehead atoms. The highest BCUT2D eigenvalue weighted by molar-refractivity contribution is 8.18. The third-order valence-electron chi connectivity index (χ3n) is 5.29. The molecule has 0 aromatic heterocycles. The molecular weight excluding hydrogens is 500 g/mol. The number of imide groups is 1. The monoisotopic (exact) mass is 520 g/mol. The molecule has 0 radical (unpaired) electrons. The topological polar surface area (TPSA) is 88.9 Å². The lowest BCUT2D eigenvalue weighted by atomic mass is 10.1. The molecule has 2 amide bonds. The van der Waals surface area contributed by atoms with Crippen LogP contribution in [0.15, 0.2) is 71.6 Å². The third kappa shape index (κ3) is 5.82. The first-order valence-corrected chi connectivity index (χ1v) is 12.1. The minimum absolute atomic E-state index is 0.105. The number of thioether (sulfide) groups is 1. The molecule has 3 aromatic carbocycles. The summed E-state index contributed by atoms with van der Waals surface area (Å²) in [7, 11) is 1.52. The molecule has 7 nitrogen and oxygen atoms in total. The number of hydrogen-bond acceptors (Lipinski definition) is 7. The summed E-state index contributed by atoms with van der Waals surface area (Å²) >= 11 is 6.94. The van der Waals surface area contributed by atoms with Crippen molar-refractivity contribution in [1.29, 1.82) is 5.26 Å². The zero-order chi connectivity index (χ0) is 25.5. The molecule has 0 unspecified atom stereocenters. The second kappa shape index (κ2) is 11.7. The summed E-state index contributed by atoms with van der Waals surface area (Å²) in [4.78, 5) is 26.7. The molecule has 1 saturated heterocycles. The molecule has 0 saturated carbocycles. The van der Waals surface area contributed by atoms with Crippen molar-refractivity contribution in [1.82, 2.24) is 4.90 Å². The van der Waals surface area contributed by atoms with Crippen molar-refractivity contribution in [2.75, 3.05) is 20.3 Å². The third-order valence-corrected chi connectivity index (χ3v) is 6.51. The highest BCUT2D eigenvalue weighted by Gasteiger charge is 2.34. The Hall–Kier alpha value is -3.93. The molecular formula is C27H21ClN2O5S. The molecule has 36 heavy (non-hydrogen) atoms. The van der Waals surface area contributed by atoms with Gasteiger partial charge < -0.3 is 14.2 Å². The summed E-state index contributed by atoms with van der Waals surface area (Å²) in [6.45, 7) is 0.436. The quantitative estimate of drug-likeness (QED) is 0.324. The predicted molar refractivity (Wildman–Crippen MR) is 138 cm³/mol. The second-order valence-electron chi connectivity index (χ2n) is 7.58. The van der Waals surface area contributed by atoms with E-state index in [0.29, 0.717) is 38.3 Å². The number of methoxy groups -OCH3 is 1. The Bertz CT molecular complexity index is 1370. The lowest BCUT2D eigenvalue weighted by molar-refractivity contribution is -0.123. The van der Waals surface area contributed by atoms with Crippen LogP contribution in [-0.4, -0.2) is 36.3 Å². The van der Waals surface area contributed by atoms with Crippen LogP contribution in [0.2, 0.25) is 5.02 Å². The summed E-state index contributed by atoms with van der Waals surface area (Å²) in [5.74, 6) is 1.06. The molecule has 0 atom stereocenters. The van der Waals surface area contributed by atoms with Crippen LogP contribution >= 0.6 is 23.4 Å². The maximum Gasteiger partial charge on any atom is 0.293 e. The Morgan fingerprint density at radius 2 is 1.78 bits per heavy atom. The maximum absolute atomic E-state index is 12.8. The first-order chi connectivity index (χ1) is 17.5. The number of ether oxygens (including phenoxy) is 3. The van der Waals surface area contributed by atoms with Crippen LogP contribution in [-0.2, 0) is 11.4 Å². The van der Waals surface area contributed by atoms with Crippen molar-refractivity contribution >= 4 is 40.6 Å². The number of rotatable bonds is 9. The molecule has 1 heterocycles. The highest BCUT2D eigenvalue weighted by atomic mass is 35.5. The molecule has 0 spiro atoms. The summed E-state index contributed by atoms with van der Waals surface area (Å²) in [6, 6.07) is 21.6. The SMILES string of the molecule is COc1cc(/C=C2\SC(=O)N(CCOc3ccccc3Cl)C2=O)ccc1OCc1ccccc1C#N. The highest BCUT2D eigenvalue weighted by Crippen LogP contribution is 2.35. The van der Waals surface area contributed by atoms with Gasteiger partial charge in [-0.3, -0.25) is 14.5 Å². The number of para-hydroxylation sites is 1. The number of amides is 2. The lowest BCUT2D eigenvalue weighted by Crippen LogP contribution is -2.32. The van der Waals surface area contributed by atoms with E-state index in [0.717, 1.165) is 22.2 Å². The molecule has 9 heteroatoms. The number of hydrogen-bond donors (Lipinski definition) is 0. The number of carbonyl (C=O) groups excluding carboxylic acids is 2. The molecule has 0 N–H and O–H groups in total. The van der Waals surface area contributed by atoms with Crippen LogP contribution in [0.4, 0.5) is 4.79 Å². The Balaban J connectivity index is 1.41. The maximum atomic E-state index is 12.8. The molecule has 182 valence electrons. The number of halogens is 1. The van der Waals surface area contributed by atoms with Crippen LogP contribution in [0.3, 0.4) is 0 Å². The fourth-order valence-electron chi connectivity index (χ4n) is 3.46. The van der Waals surface area contributed by atoms with Gasteiger partial charge in [0, 0.05) is 5.56 Å². The molecule has 1 fully saturated rings. The number of nitrogens with zero attached hydrogens (tertiary/aromatic N) is 2. The normalized spacial score (nSPS) is 14.1. The Labute approximate surface area is 217 Å². The van der Waals surface area contributed by atoms with E-state index in [4.69, 9.17) is 25.8 Å². The number of benzene rings is 3. The fourth-order valence-corrected chi connectivity index (χ4v) is 4.51. The van der Waals surface area contributed by atoms with Gasteiger partial charge in [0.15, 0.2) is 11.5 Å². The first kappa shape index (κ1) is 25.2. The van der Waals surface area contributed by atoms with Gasteiger partial charge in [-0.1, -0.05) is 48.0 Å². The van der Waals surface area contributed by atoms with Crippen molar-refractivity contribution in [2.45, 2.75) is 6.61 Å². The second-order valence-corrected chi connectivity index (χ2v) is 8.98. The van der Waals surface area contributed by atoms with Crippen molar-refractivity contribution in [3.05, 3.63) is 93.3 Å². The van der Waals surface area contributed by atoms with Crippen molar-refractivity contribution in [3.8, 4) is 23.3 Å². The number of nitriles is 1. The van der Waals surface area contributed by atoms with Gasteiger partial charge in [0.25, 0.3) is 11.1 Å². The molecule has 3 aromatic rings. The van der Waals surface area contributed by atoms with Gasteiger partial charge in [-0.05, 0) is 53.7 Å². The summed E-state index contributed by atoms with van der Waals surface area (Å²) in [5, 5.41) is 9.35. The average molecular weight is 521 g/mol. The molecule has 0 aliphatic carbocycles. The predicted octanol–water partition coefficient (Wildman–Crippen LogP) is 5.91. The van der Waals surface area contributed by atoms with E-state index in [1.807, 2.05) is 12.1 Å². The van der Waals surface area contributed by atoms with Gasteiger partial charge in [-0.2, -0.15) is 5.26 Å². The Morgan fingerprint density at radius 3 is 2.56 bits per heavy atom. The van der Waals surface area contributed by atoms with Crippen LogP contribution < -0.4 is 14.2 Å². The summed E-state index contributed by atoms with van der Waals surface area (Å²) in [5.41, 5.74) is 1.98. The lowest BCUT2D eigenvalue weighted by Gasteiger charge is -2.14. The standard InChI is InChI=1S/C27H21ClN2O5S/c1-33-24-14-18(10-11-23(24)35-17-20-7-3-2-6-19(20)16-29)15-25-26(31)30(27(32)36-25)12-13-34-22-9-5-4-8-21(22)28/h2-11,14-15H,12-13,17H2,1H3/b25-15-. The summed E-state index contributed by atoms with van der Waals surface area (Å²) in [6.07, 6.45) is 1.64. The average Bonchev–Trinajstić information content (AvgIpc) is 3.16. The van der Waals surface area contributed by atoms with Gasteiger partial charge in [0.2, 0.25) is 0 Å². The van der Waals surface area contributed by atoms with Gasteiger partial charge in [0.1, 0.15) is 19.0 Å². The Morgan fingerprint density at radius 1 is 1.00 bits per heavy atom. The van der Waals surface area contributed by atoms with E-state index in [-0.39, 0.29) is 30.9 Å². The zero-order valence-corrected chi connectivity index (χ0v) is 20.8. The van der Waals surface area contributed by atoms with E-state index < -0.39 is 0 Å². The van der Waals surface area contributed by atoms with Crippen LogP contribution in [0, 0.1) is 11.3 Å². The van der Waals surface area contributed by atoms with Crippen LogP contribution in [0.5, 0.6) is 17.2 Å². The van der Waals surface area contributed by atoms with Gasteiger partial charge >= 0.3 is 0 Å².